The number of piperidine rings is 1. The molecule has 12 heteroatoms. The molecule has 0 saturated carbocycles. The van der Waals surface area contributed by atoms with Crippen molar-refractivity contribution in [2.45, 2.75) is 63.5 Å². The molecule has 3 aromatic heterocycles. The van der Waals surface area contributed by atoms with Gasteiger partial charge in [-0.2, -0.15) is 10.2 Å². The van der Waals surface area contributed by atoms with Crippen LogP contribution in [0.25, 0.3) is 11.5 Å². The van der Waals surface area contributed by atoms with E-state index in [-0.39, 0.29) is 18.1 Å². The first-order valence-electron chi connectivity index (χ1n) is 14.9. The lowest BCUT2D eigenvalue weighted by Crippen LogP contribution is -2.50. The topological polar surface area (TPSA) is 138 Å². The van der Waals surface area contributed by atoms with Crippen LogP contribution in [0.15, 0.2) is 29.3 Å². The van der Waals surface area contributed by atoms with Gasteiger partial charge in [0.05, 0.1) is 11.0 Å². The maximum Gasteiger partial charge on any atom is 0.245 e. The first kappa shape index (κ1) is 29.1. The molecule has 0 radical (unpaired) electrons. The highest BCUT2D eigenvalue weighted by Gasteiger charge is 2.43. The number of ether oxygens (including phenoxy) is 1. The van der Waals surface area contributed by atoms with Crippen LogP contribution in [-0.4, -0.2) is 82.7 Å². The van der Waals surface area contributed by atoms with Crippen LogP contribution >= 0.6 is 11.3 Å². The minimum Gasteiger partial charge on any atom is -0.490 e. The normalized spacial score (nSPS) is 23.1. The number of piperazine rings is 1. The van der Waals surface area contributed by atoms with E-state index in [1.807, 2.05) is 12.1 Å². The Morgan fingerprint density at radius 3 is 2.79 bits per heavy atom. The number of nitrogens with zero attached hydrogens (tertiary/aromatic N) is 7. The van der Waals surface area contributed by atoms with E-state index in [9.17, 15) is 10.1 Å². The summed E-state index contributed by atoms with van der Waals surface area (Å²) in [5.41, 5.74) is 7.62. The van der Waals surface area contributed by atoms with E-state index >= 15 is 0 Å². The average molecular weight is 603 g/mol. The minimum absolute atomic E-state index is 0.0317. The highest BCUT2D eigenvalue weighted by atomic mass is 32.1. The van der Waals surface area contributed by atoms with Crippen LogP contribution in [0, 0.1) is 11.3 Å². The number of likely N-dealkylation sites (N-methyl/N-ethyl adjacent to an activating group) is 1. The van der Waals surface area contributed by atoms with E-state index in [2.05, 4.69) is 48.5 Å². The number of hydrogen-bond acceptors (Lipinski definition) is 11. The van der Waals surface area contributed by atoms with E-state index in [4.69, 9.17) is 25.0 Å². The Hall–Kier alpha value is -3.95. The number of carbonyl (C=O) groups is 1. The lowest BCUT2D eigenvalue weighted by Gasteiger charge is -2.39. The Bertz CT molecular complexity index is 1570. The Labute approximate surface area is 255 Å². The molecule has 3 aromatic rings. The van der Waals surface area contributed by atoms with Gasteiger partial charge in [-0.05, 0) is 46.2 Å². The molecule has 3 aliphatic rings. The number of nitriles is 1. The van der Waals surface area contributed by atoms with Gasteiger partial charge < -0.3 is 29.7 Å². The molecular weight excluding hydrogens is 564 g/mol. The van der Waals surface area contributed by atoms with E-state index in [1.54, 1.807) is 4.90 Å². The van der Waals surface area contributed by atoms with Gasteiger partial charge in [-0.25, -0.2) is 4.98 Å². The second-order valence-corrected chi connectivity index (χ2v) is 13.2. The first-order valence-corrected chi connectivity index (χ1v) is 15.7. The van der Waals surface area contributed by atoms with Crippen LogP contribution in [0.1, 0.15) is 61.4 Å². The third-order valence-corrected chi connectivity index (χ3v) is 10.1. The Balaban J connectivity index is 1.33. The minimum atomic E-state index is -0.613. The highest BCUT2D eigenvalue weighted by molar-refractivity contribution is 7.16. The van der Waals surface area contributed by atoms with E-state index < -0.39 is 5.41 Å². The summed E-state index contributed by atoms with van der Waals surface area (Å²) in [5, 5.41) is 14.8. The number of pyridine rings is 1. The molecule has 2 N–H and O–H groups in total. The third kappa shape index (κ3) is 5.47. The molecule has 6 rings (SSSR count). The van der Waals surface area contributed by atoms with Crippen molar-refractivity contribution in [2.75, 3.05) is 50.4 Å². The smallest absolute Gasteiger partial charge is 0.245 e. The summed E-state index contributed by atoms with van der Waals surface area (Å²) in [7, 11) is 2.13. The van der Waals surface area contributed by atoms with Crippen LogP contribution in [0.4, 0.5) is 10.8 Å². The van der Waals surface area contributed by atoms with Crippen molar-refractivity contribution in [1.29, 1.82) is 5.26 Å². The number of anilines is 2. The number of hydrogen-bond donors (Lipinski definition) is 1. The van der Waals surface area contributed by atoms with Crippen LogP contribution < -0.4 is 15.4 Å². The lowest BCUT2D eigenvalue weighted by molar-refractivity contribution is -0.127. The molecule has 2 aliphatic heterocycles. The summed E-state index contributed by atoms with van der Waals surface area (Å²) in [6, 6.07) is 6.44. The van der Waals surface area contributed by atoms with E-state index in [0.29, 0.717) is 46.8 Å². The van der Waals surface area contributed by atoms with Gasteiger partial charge >= 0.3 is 0 Å². The number of rotatable bonds is 6. The zero-order chi connectivity index (χ0) is 30.3. The van der Waals surface area contributed by atoms with Crippen molar-refractivity contribution >= 4 is 28.1 Å². The summed E-state index contributed by atoms with van der Waals surface area (Å²) >= 11 is 1.48. The van der Waals surface area contributed by atoms with Crippen molar-refractivity contribution in [3.05, 3.63) is 46.7 Å². The fourth-order valence-corrected chi connectivity index (χ4v) is 7.87. The van der Waals surface area contributed by atoms with Gasteiger partial charge in [0, 0.05) is 74.2 Å². The molecule has 1 aliphatic carbocycles. The molecule has 0 spiro atoms. The van der Waals surface area contributed by atoms with Gasteiger partial charge in [-0.15, -0.1) is 11.3 Å². The molecule has 43 heavy (non-hydrogen) atoms. The predicted molar refractivity (Wildman–Crippen MR) is 165 cm³/mol. The fraction of sp³-hybridized carbons (Fsp3) is 0.516. The summed E-state index contributed by atoms with van der Waals surface area (Å²) in [5.74, 6) is 2.29. The van der Waals surface area contributed by atoms with Crippen molar-refractivity contribution < 1.29 is 14.1 Å². The van der Waals surface area contributed by atoms with Crippen molar-refractivity contribution in [3.63, 3.8) is 0 Å². The van der Waals surface area contributed by atoms with Crippen molar-refractivity contribution in [2.24, 2.45) is 0 Å². The molecule has 2 fully saturated rings. The summed E-state index contributed by atoms with van der Waals surface area (Å²) in [6.07, 6.45) is 5.40. The van der Waals surface area contributed by atoms with Gasteiger partial charge in [-0.3, -0.25) is 4.79 Å². The Kier molecular flexibility index (Phi) is 7.87. The van der Waals surface area contributed by atoms with Crippen LogP contribution in [0.5, 0.6) is 5.75 Å². The standard InChI is InChI=1S/C31H38N8O3S/c1-5-26(40)38-11-8-20(9-12-38)41-21-15-23(34-25(16-21)39-14-13-37(4)18-19(39)2)29-35-30(42-36-29)31(3)10-6-7-24-27(31)22(17-32)28(33)43-24/h5,15-16,19-20H,1,6-14,18,33H2,2-4H3/t19-,31?/m0/s1. The van der Waals surface area contributed by atoms with E-state index in [1.165, 1.54) is 17.4 Å². The quantitative estimate of drug-likeness (QED) is 0.412. The number of fused-ring (bicyclic) bond motifs is 1. The molecule has 5 heterocycles. The number of thiophene rings is 1. The zero-order valence-electron chi connectivity index (χ0n) is 25.0. The molecule has 0 bridgehead atoms. The van der Waals surface area contributed by atoms with Gasteiger partial charge in [0.1, 0.15) is 34.4 Å². The summed E-state index contributed by atoms with van der Waals surface area (Å²) in [4.78, 5) is 29.5. The molecule has 11 nitrogen and oxygen atoms in total. The average Bonchev–Trinajstić information content (AvgIpc) is 3.63. The second-order valence-electron chi connectivity index (χ2n) is 12.1. The van der Waals surface area contributed by atoms with Gasteiger partial charge in [0.25, 0.3) is 0 Å². The van der Waals surface area contributed by atoms with Crippen molar-refractivity contribution in [1.82, 2.24) is 24.9 Å². The lowest BCUT2D eigenvalue weighted by atomic mass is 9.72. The Morgan fingerprint density at radius 2 is 2.07 bits per heavy atom. The third-order valence-electron chi connectivity index (χ3n) is 9.02. The number of nitrogens with two attached hydrogens (primary N) is 1. The summed E-state index contributed by atoms with van der Waals surface area (Å²) in [6.45, 7) is 11.8. The maximum atomic E-state index is 12.1. The molecule has 2 atom stereocenters. The number of nitrogen functional groups attached to an aromatic ring is 1. The molecular formula is C31H38N8O3S. The molecule has 1 amide bonds. The zero-order valence-corrected chi connectivity index (χ0v) is 25.8. The monoisotopic (exact) mass is 602 g/mol. The van der Waals surface area contributed by atoms with Crippen LogP contribution in [0.3, 0.4) is 0 Å². The van der Waals surface area contributed by atoms with Crippen molar-refractivity contribution in [3.8, 4) is 23.3 Å². The maximum absolute atomic E-state index is 12.1. The molecule has 226 valence electrons. The molecule has 1 unspecified atom stereocenters. The van der Waals surface area contributed by atoms with Gasteiger partial charge in [-0.1, -0.05) is 11.7 Å². The number of aryl methyl sites for hydroxylation is 1. The largest absolute Gasteiger partial charge is 0.490 e. The SMILES string of the molecule is C=CC(=O)N1CCC(Oc2cc(-c3noc(C4(C)CCCc5sc(N)c(C#N)c54)n3)nc(N3CCN(C)C[C@@H]3C)c2)CC1. The van der Waals surface area contributed by atoms with Crippen LogP contribution in [0.2, 0.25) is 0 Å². The van der Waals surface area contributed by atoms with Crippen LogP contribution in [-0.2, 0) is 16.6 Å². The molecule has 2 saturated heterocycles. The summed E-state index contributed by atoms with van der Waals surface area (Å²) < 4.78 is 12.4. The number of aromatic nitrogens is 3. The number of carbonyl (C=O) groups excluding carboxylic acids is 1. The van der Waals surface area contributed by atoms with Gasteiger partial charge in [0.15, 0.2) is 0 Å². The first-order chi connectivity index (χ1) is 20.7. The fourth-order valence-electron chi connectivity index (χ4n) is 6.68. The molecule has 0 aromatic carbocycles. The Morgan fingerprint density at radius 1 is 1.28 bits per heavy atom. The van der Waals surface area contributed by atoms with Gasteiger partial charge in [0.2, 0.25) is 17.6 Å². The highest BCUT2D eigenvalue weighted by Crippen LogP contribution is 2.48. The second kappa shape index (κ2) is 11.6. The number of likely N-dealkylation sites (tertiary alicyclic amines) is 1. The predicted octanol–water partition coefficient (Wildman–Crippen LogP) is 3.99. The number of amides is 1. The van der Waals surface area contributed by atoms with E-state index in [0.717, 1.165) is 68.0 Å².